The molecule has 0 aliphatic rings. The maximum Gasteiger partial charge on any atom is 0.141 e. The molecule has 4 heteroatoms. The summed E-state index contributed by atoms with van der Waals surface area (Å²) in [6.45, 7) is 2.89. The third kappa shape index (κ3) is 2.44. The molecule has 0 amide bonds. The lowest BCUT2D eigenvalue weighted by Gasteiger charge is -2.11. The van der Waals surface area contributed by atoms with Gasteiger partial charge in [0.1, 0.15) is 11.6 Å². The molecule has 3 aromatic rings. The molecule has 0 aliphatic heterocycles. The molecule has 0 saturated heterocycles. The smallest absolute Gasteiger partial charge is 0.141 e. The minimum Gasteiger partial charge on any atom is -0.495 e. The minimum atomic E-state index is 0.664. The second kappa shape index (κ2) is 5.48. The molecule has 0 radical (unpaired) electrons. The first-order valence-electron chi connectivity index (χ1n) is 7.09. The number of nitrogens with two attached hydrogens (primary N) is 1. The molecule has 0 saturated carbocycles. The monoisotopic (exact) mass is 281 g/mol. The van der Waals surface area contributed by atoms with Crippen molar-refractivity contribution in [3.8, 4) is 5.75 Å². The van der Waals surface area contributed by atoms with Gasteiger partial charge in [-0.25, -0.2) is 4.98 Å². The van der Waals surface area contributed by atoms with Gasteiger partial charge in [0.25, 0.3) is 0 Å². The predicted molar refractivity (Wildman–Crippen MR) is 85.6 cm³/mol. The van der Waals surface area contributed by atoms with Gasteiger partial charge in [0.2, 0.25) is 0 Å². The largest absolute Gasteiger partial charge is 0.495 e. The number of aryl methyl sites for hydroxylation is 1. The van der Waals surface area contributed by atoms with E-state index in [4.69, 9.17) is 15.5 Å². The van der Waals surface area contributed by atoms with Crippen LogP contribution in [0, 0.1) is 0 Å². The molecule has 0 aliphatic carbocycles. The Bertz CT molecular complexity index is 777. The molecule has 2 aromatic carbocycles. The fourth-order valence-corrected chi connectivity index (χ4v) is 2.64. The van der Waals surface area contributed by atoms with Crippen molar-refractivity contribution in [3.05, 3.63) is 53.9 Å². The highest BCUT2D eigenvalue weighted by atomic mass is 16.5. The van der Waals surface area contributed by atoms with Crippen molar-refractivity contribution in [2.75, 3.05) is 12.8 Å². The molecule has 0 spiro atoms. The Kier molecular flexibility index (Phi) is 3.52. The minimum absolute atomic E-state index is 0.664. The summed E-state index contributed by atoms with van der Waals surface area (Å²) in [7, 11) is 1.63. The number of para-hydroxylation sites is 2. The van der Waals surface area contributed by atoms with Gasteiger partial charge in [0, 0.05) is 13.0 Å². The maximum absolute atomic E-state index is 5.99. The fraction of sp³-hybridized carbons (Fsp3) is 0.235. The van der Waals surface area contributed by atoms with Crippen LogP contribution in [-0.4, -0.2) is 16.7 Å². The highest BCUT2D eigenvalue weighted by Gasteiger charge is 2.10. The normalized spacial score (nSPS) is 11.0. The van der Waals surface area contributed by atoms with Crippen molar-refractivity contribution in [3.63, 3.8) is 0 Å². The summed E-state index contributed by atoms with van der Waals surface area (Å²) in [5.74, 6) is 1.80. The standard InChI is InChI=1S/C17H19N3O/c1-3-17-19-14-6-4-5-7-15(14)20(17)11-12-8-9-16(21-2)13(18)10-12/h4-10H,3,11,18H2,1-2H3. The summed E-state index contributed by atoms with van der Waals surface area (Å²) in [5, 5.41) is 0. The number of hydrogen-bond donors (Lipinski definition) is 1. The number of rotatable bonds is 4. The average molecular weight is 281 g/mol. The van der Waals surface area contributed by atoms with Crippen LogP contribution in [0.5, 0.6) is 5.75 Å². The van der Waals surface area contributed by atoms with Gasteiger partial charge in [-0.05, 0) is 29.8 Å². The second-order valence-corrected chi connectivity index (χ2v) is 5.03. The van der Waals surface area contributed by atoms with Crippen molar-refractivity contribution in [2.24, 2.45) is 0 Å². The summed E-state index contributed by atoms with van der Waals surface area (Å²) < 4.78 is 7.45. The molecular weight excluding hydrogens is 262 g/mol. The van der Waals surface area contributed by atoms with Crippen LogP contribution in [0.25, 0.3) is 11.0 Å². The van der Waals surface area contributed by atoms with E-state index in [-0.39, 0.29) is 0 Å². The van der Waals surface area contributed by atoms with E-state index >= 15 is 0 Å². The number of ether oxygens (including phenoxy) is 1. The van der Waals surface area contributed by atoms with E-state index in [2.05, 4.69) is 17.6 Å². The zero-order valence-corrected chi connectivity index (χ0v) is 12.3. The van der Waals surface area contributed by atoms with Gasteiger partial charge in [-0.1, -0.05) is 25.1 Å². The summed E-state index contributed by atoms with van der Waals surface area (Å²) in [6.07, 6.45) is 0.903. The van der Waals surface area contributed by atoms with E-state index in [1.165, 1.54) is 0 Å². The Morgan fingerprint density at radius 2 is 2.00 bits per heavy atom. The van der Waals surface area contributed by atoms with Crippen molar-refractivity contribution in [2.45, 2.75) is 19.9 Å². The number of benzene rings is 2. The Labute approximate surface area is 124 Å². The van der Waals surface area contributed by atoms with E-state index in [1.54, 1.807) is 7.11 Å². The Morgan fingerprint density at radius 1 is 1.19 bits per heavy atom. The third-order valence-electron chi connectivity index (χ3n) is 3.68. The molecule has 2 N–H and O–H groups in total. The summed E-state index contributed by atoms with van der Waals surface area (Å²) >= 11 is 0. The van der Waals surface area contributed by atoms with Gasteiger partial charge >= 0.3 is 0 Å². The number of aromatic nitrogens is 2. The molecule has 0 atom stereocenters. The van der Waals surface area contributed by atoms with E-state index in [0.29, 0.717) is 11.4 Å². The lowest BCUT2D eigenvalue weighted by molar-refractivity contribution is 0.417. The van der Waals surface area contributed by atoms with E-state index < -0.39 is 0 Å². The molecule has 0 unspecified atom stereocenters. The number of fused-ring (bicyclic) bond motifs is 1. The maximum atomic E-state index is 5.99. The van der Waals surface area contributed by atoms with Crippen LogP contribution in [-0.2, 0) is 13.0 Å². The Hall–Kier alpha value is -2.49. The number of nitrogen functional groups attached to an aromatic ring is 1. The molecule has 3 rings (SSSR count). The SMILES string of the molecule is CCc1nc2ccccc2n1Cc1ccc(OC)c(N)c1. The van der Waals surface area contributed by atoms with Gasteiger partial charge < -0.3 is 15.0 Å². The quantitative estimate of drug-likeness (QED) is 0.747. The number of nitrogens with zero attached hydrogens (tertiary/aromatic N) is 2. The predicted octanol–water partition coefficient (Wildman–Crippen LogP) is 3.24. The van der Waals surface area contributed by atoms with Gasteiger partial charge in [0.05, 0.1) is 23.8 Å². The van der Waals surface area contributed by atoms with Crippen molar-refractivity contribution < 1.29 is 4.74 Å². The first kappa shape index (κ1) is 13.5. The number of imidazole rings is 1. The fourth-order valence-electron chi connectivity index (χ4n) is 2.64. The highest BCUT2D eigenvalue weighted by Crippen LogP contribution is 2.24. The van der Waals surface area contributed by atoms with Crippen LogP contribution in [0.1, 0.15) is 18.3 Å². The summed E-state index contributed by atoms with van der Waals surface area (Å²) in [6, 6.07) is 14.1. The molecule has 4 nitrogen and oxygen atoms in total. The zero-order valence-electron chi connectivity index (χ0n) is 12.3. The van der Waals surface area contributed by atoms with Crippen LogP contribution < -0.4 is 10.5 Å². The van der Waals surface area contributed by atoms with Gasteiger partial charge in [0.15, 0.2) is 0 Å². The summed E-state index contributed by atoms with van der Waals surface area (Å²) in [5.41, 5.74) is 10.00. The Balaban J connectivity index is 2.03. The van der Waals surface area contributed by atoms with Crippen LogP contribution in [0.3, 0.4) is 0 Å². The van der Waals surface area contributed by atoms with Crippen LogP contribution in [0.2, 0.25) is 0 Å². The lowest BCUT2D eigenvalue weighted by atomic mass is 10.2. The molecule has 1 aromatic heterocycles. The average Bonchev–Trinajstić information content (AvgIpc) is 2.86. The molecular formula is C17H19N3O. The van der Waals surface area contributed by atoms with E-state index in [9.17, 15) is 0 Å². The molecule has 108 valence electrons. The van der Waals surface area contributed by atoms with Gasteiger partial charge in [-0.15, -0.1) is 0 Å². The first-order chi connectivity index (χ1) is 10.2. The van der Waals surface area contributed by atoms with Crippen LogP contribution >= 0.6 is 0 Å². The molecule has 21 heavy (non-hydrogen) atoms. The number of anilines is 1. The molecule has 1 heterocycles. The number of hydrogen-bond acceptors (Lipinski definition) is 3. The number of methoxy groups -OCH3 is 1. The summed E-state index contributed by atoms with van der Waals surface area (Å²) in [4.78, 5) is 4.69. The highest BCUT2D eigenvalue weighted by molar-refractivity contribution is 5.76. The first-order valence-corrected chi connectivity index (χ1v) is 7.09. The zero-order chi connectivity index (χ0) is 14.8. The van der Waals surface area contributed by atoms with Crippen molar-refractivity contribution >= 4 is 16.7 Å². The second-order valence-electron chi connectivity index (χ2n) is 5.03. The molecule has 0 bridgehead atoms. The topological polar surface area (TPSA) is 53.1 Å². The van der Waals surface area contributed by atoms with Gasteiger partial charge in [-0.3, -0.25) is 0 Å². The third-order valence-corrected chi connectivity index (χ3v) is 3.68. The van der Waals surface area contributed by atoms with Crippen LogP contribution in [0.4, 0.5) is 5.69 Å². The van der Waals surface area contributed by atoms with Gasteiger partial charge in [-0.2, -0.15) is 0 Å². The Morgan fingerprint density at radius 3 is 2.71 bits per heavy atom. The lowest BCUT2D eigenvalue weighted by Crippen LogP contribution is -2.05. The van der Waals surface area contributed by atoms with Crippen LogP contribution in [0.15, 0.2) is 42.5 Å². The molecule has 0 fully saturated rings. The van der Waals surface area contributed by atoms with Crippen molar-refractivity contribution in [1.29, 1.82) is 0 Å². The van der Waals surface area contributed by atoms with E-state index in [0.717, 1.165) is 35.4 Å². The van der Waals surface area contributed by atoms with E-state index in [1.807, 2.05) is 36.4 Å². The van der Waals surface area contributed by atoms with Crippen molar-refractivity contribution in [1.82, 2.24) is 9.55 Å².